The maximum atomic E-state index is 12.4. The van der Waals surface area contributed by atoms with Gasteiger partial charge in [-0.15, -0.1) is 11.3 Å². The van der Waals surface area contributed by atoms with Gasteiger partial charge in [0.25, 0.3) is 5.56 Å². The highest BCUT2D eigenvalue weighted by atomic mass is 32.1. The Morgan fingerprint density at radius 3 is 2.89 bits per heavy atom. The lowest BCUT2D eigenvalue weighted by atomic mass is 10.2. The molecular formula is C19H16F2N2O3S. The van der Waals surface area contributed by atoms with E-state index in [1.54, 1.807) is 35.6 Å². The van der Waals surface area contributed by atoms with Gasteiger partial charge in [-0.05, 0) is 48.6 Å². The Bertz CT molecular complexity index is 1090. The van der Waals surface area contributed by atoms with Crippen LogP contribution in [0.25, 0.3) is 22.4 Å². The van der Waals surface area contributed by atoms with E-state index >= 15 is 0 Å². The SMILES string of the molecule is COc1cc(/C=C/c2nc3sc4c(c3c(=O)[nH]2)CCC4)ccc1OC(F)F. The van der Waals surface area contributed by atoms with Gasteiger partial charge in [-0.2, -0.15) is 8.78 Å². The van der Waals surface area contributed by atoms with E-state index in [1.165, 1.54) is 18.1 Å². The number of nitrogens with one attached hydrogen (secondary N) is 1. The van der Waals surface area contributed by atoms with Gasteiger partial charge in [0.15, 0.2) is 11.5 Å². The van der Waals surface area contributed by atoms with Crippen molar-refractivity contribution in [1.29, 1.82) is 0 Å². The lowest BCUT2D eigenvalue weighted by Crippen LogP contribution is -2.09. The highest BCUT2D eigenvalue weighted by Gasteiger charge is 2.20. The predicted octanol–water partition coefficient (Wildman–Crippen LogP) is 4.25. The summed E-state index contributed by atoms with van der Waals surface area (Å²) < 4.78 is 34.3. The van der Waals surface area contributed by atoms with Gasteiger partial charge in [0.2, 0.25) is 0 Å². The van der Waals surface area contributed by atoms with Crippen molar-refractivity contribution in [2.45, 2.75) is 25.9 Å². The van der Waals surface area contributed by atoms with Crippen molar-refractivity contribution >= 4 is 33.7 Å². The fourth-order valence-corrected chi connectivity index (χ4v) is 4.52. The second-order valence-corrected chi connectivity index (χ2v) is 7.19. The predicted molar refractivity (Wildman–Crippen MR) is 101 cm³/mol. The van der Waals surface area contributed by atoms with E-state index in [0.29, 0.717) is 16.8 Å². The topological polar surface area (TPSA) is 64.2 Å². The third-order valence-corrected chi connectivity index (χ3v) is 5.62. The van der Waals surface area contributed by atoms with Gasteiger partial charge in [0.1, 0.15) is 10.7 Å². The Kier molecular flexibility index (Phi) is 4.65. The summed E-state index contributed by atoms with van der Waals surface area (Å²) in [5.74, 6) is 0.606. The van der Waals surface area contributed by atoms with Gasteiger partial charge in [-0.3, -0.25) is 4.79 Å². The van der Waals surface area contributed by atoms with E-state index in [2.05, 4.69) is 14.7 Å². The molecule has 0 bridgehead atoms. The molecule has 0 radical (unpaired) electrons. The molecule has 0 unspecified atom stereocenters. The van der Waals surface area contributed by atoms with Crippen LogP contribution in [0.2, 0.25) is 0 Å². The quantitative estimate of drug-likeness (QED) is 0.707. The molecule has 0 saturated carbocycles. The molecule has 27 heavy (non-hydrogen) atoms. The number of thiophene rings is 1. The Hall–Kier alpha value is -2.74. The summed E-state index contributed by atoms with van der Waals surface area (Å²) in [7, 11) is 1.38. The third-order valence-electron chi connectivity index (χ3n) is 4.43. The van der Waals surface area contributed by atoms with Crippen LogP contribution in [0.4, 0.5) is 8.78 Å². The number of benzene rings is 1. The molecule has 2 heterocycles. The molecule has 0 saturated heterocycles. The summed E-state index contributed by atoms with van der Waals surface area (Å²) in [5, 5.41) is 0.708. The first-order valence-corrected chi connectivity index (χ1v) is 9.22. The van der Waals surface area contributed by atoms with Gasteiger partial charge in [-0.25, -0.2) is 4.98 Å². The molecule has 140 valence electrons. The Morgan fingerprint density at radius 2 is 2.11 bits per heavy atom. The maximum Gasteiger partial charge on any atom is 0.387 e. The van der Waals surface area contributed by atoms with Gasteiger partial charge >= 0.3 is 6.61 Å². The normalized spacial score (nSPS) is 13.6. The van der Waals surface area contributed by atoms with E-state index < -0.39 is 6.61 Å². The van der Waals surface area contributed by atoms with Crippen molar-refractivity contribution in [2.24, 2.45) is 0 Å². The van der Waals surface area contributed by atoms with E-state index in [-0.39, 0.29) is 17.1 Å². The average molecular weight is 390 g/mol. The molecule has 4 rings (SSSR count). The number of ether oxygens (including phenoxy) is 2. The van der Waals surface area contributed by atoms with Crippen LogP contribution in [0.15, 0.2) is 23.0 Å². The monoisotopic (exact) mass is 390 g/mol. The van der Waals surface area contributed by atoms with Crippen molar-refractivity contribution in [1.82, 2.24) is 9.97 Å². The van der Waals surface area contributed by atoms with Gasteiger partial charge in [0, 0.05) is 4.88 Å². The number of hydrogen-bond acceptors (Lipinski definition) is 5. The molecule has 1 aliphatic rings. The Morgan fingerprint density at radius 1 is 1.26 bits per heavy atom. The number of aromatic nitrogens is 2. The number of rotatable bonds is 5. The second-order valence-electron chi connectivity index (χ2n) is 6.11. The van der Waals surface area contributed by atoms with E-state index in [0.717, 1.165) is 29.7 Å². The lowest BCUT2D eigenvalue weighted by molar-refractivity contribution is -0.0512. The first-order valence-electron chi connectivity index (χ1n) is 8.40. The van der Waals surface area contributed by atoms with Crippen LogP contribution in [0.5, 0.6) is 11.5 Å². The summed E-state index contributed by atoms with van der Waals surface area (Å²) in [5.41, 5.74) is 1.71. The molecule has 2 aromatic heterocycles. The summed E-state index contributed by atoms with van der Waals surface area (Å²) in [6.45, 7) is -2.92. The molecule has 5 nitrogen and oxygen atoms in total. The zero-order valence-corrected chi connectivity index (χ0v) is 15.2. The number of alkyl halides is 2. The van der Waals surface area contributed by atoms with Crippen LogP contribution in [0, 0.1) is 0 Å². The summed E-state index contributed by atoms with van der Waals surface area (Å²) in [6, 6.07) is 4.60. The number of aryl methyl sites for hydroxylation is 2. The molecule has 1 N–H and O–H groups in total. The largest absolute Gasteiger partial charge is 0.493 e. The Balaban J connectivity index is 1.64. The van der Waals surface area contributed by atoms with Crippen LogP contribution in [-0.4, -0.2) is 23.7 Å². The highest BCUT2D eigenvalue weighted by Crippen LogP contribution is 2.34. The molecule has 0 aliphatic heterocycles. The molecule has 0 fully saturated rings. The maximum absolute atomic E-state index is 12.4. The van der Waals surface area contributed by atoms with Crippen molar-refractivity contribution in [3.63, 3.8) is 0 Å². The average Bonchev–Trinajstić information content (AvgIpc) is 3.21. The molecule has 8 heteroatoms. The number of hydrogen-bond donors (Lipinski definition) is 1. The Labute approximate surface area is 157 Å². The zero-order chi connectivity index (χ0) is 19.0. The fourth-order valence-electron chi connectivity index (χ4n) is 3.25. The third kappa shape index (κ3) is 3.44. The highest BCUT2D eigenvalue weighted by molar-refractivity contribution is 7.18. The molecule has 1 aliphatic carbocycles. The molecule has 1 aromatic carbocycles. The van der Waals surface area contributed by atoms with Crippen LogP contribution in [0.1, 0.15) is 28.2 Å². The van der Waals surface area contributed by atoms with Crippen LogP contribution >= 0.6 is 11.3 Å². The van der Waals surface area contributed by atoms with Crippen molar-refractivity contribution < 1.29 is 18.3 Å². The number of halogens is 2. The van der Waals surface area contributed by atoms with Gasteiger partial charge < -0.3 is 14.5 Å². The minimum absolute atomic E-state index is 0.0364. The number of fused-ring (bicyclic) bond motifs is 3. The number of methoxy groups -OCH3 is 1. The summed E-state index contributed by atoms with van der Waals surface area (Å²) >= 11 is 1.58. The summed E-state index contributed by atoms with van der Waals surface area (Å²) in [6.07, 6.45) is 6.43. The van der Waals surface area contributed by atoms with E-state index in [4.69, 9.17) is 4.74 Å². The van der Waals surface area contributed by atoms with Crippen molar-refractivity contribution in [2.75, 3.05) is 7.11 Å². The smallest absolute Gasteiger partial charge is 0.387 e. The van der Waals surface area contributed by atoms with Crippen LogP contribution in [0.3, 0.4) is 0 Å². The number of H-pyrrole nitrogens is 1. The van der Waals surface area contributed by atoms with Crippen LogP contribution < -0.4 is 15.0 Å². The standard InChI is InChI=1S/C19H16F2N2O3S/c1-25-13-9-10(5-7-12(13)26-19(20)21)6-8-15-22-17(24)16-11-3-2-4-14(11)27-18(16)23-15/h5-9,19H,2-4H2,1H3,(H,22,23,24)/b8-6+. The minimum atomic E-state index is -2.92. The number of nitrogens with zero attached hydrogens (tertiary/aromatic N) is 1. The zero-order valence-electron chi connectivity index (χ0n) is 14.4. The van der Waals surface area contributed by atoms with Crippen LogP contribution in [-0.2, 0) is 12.8 Å². The molecular weight excluding hydrogens is 374 g/mol. The minimum Gasteiger partial charge on any atom is -0.493 e. The molecule has 3 aromatic rings. The van der Waals surface area contributed by atoms with Gasteiger partial charge in [-0.1, -0.05) is 12.1 Å². The summed E-state index contributed by atoms with van der Waals surface area (Å²) in [4.78, 5) is 21.8. The fraction of sp³-hybridized carbons (Fsp3) is 0.263. The van der Waals surface area contributed by atoms with E-state index in [1.807, 2.05) is 0 Å². The lowest BCUT2D eigenvalue weighted by Gasteiger charge is -2.10. The van der Waals surface area contributed by atoms with E-state index in [9.17, 15) is 13.6 Å². The first kappa shape index (κ1) is 17.7. The van der Waals surface area contributed by atoms with Gasteiger partial charge in [0.05, 0.1) is 12.5 Å². The second kappa shape index (κ2) is 7.11. The first-order chi connectivity index (χ1) is 13.0. The number of aromatic amines is 1. The van der Waals surface area contributed by atoms with Crippen molar-refractivity contribution in [3.05, 3.63) is 50.4 Å². The van der Waals surface area contributed by atoms with Crippen molar-refractivity contribution in [3.8, 4) is 11.5 Å². The molecule has 0 spiro atoms. The molecule has 0 amide bonds. The molecule has 0 atom stereocenters.